The fraction of sp³-hybridized carbons (Fsp3) is 0.300. The Bertz CT molecular complexity index is 1040. The van der Waals surface area contributed by atoms with E-state index in [1.807, 2.05) is 0 Å². The summed E-state index contributed by atoms with van der Waals surface area (Å²) >= 11 is 7.37. The molecule has 1 saturated heterocycles. The number of rotatable bonds is 6. The summed E-state index contributed by atoms with van der Waals surface area (Å²) in [6.45, 7) is 2.84. The van der Waals surface area contributed by atoms with E-state index < -0.39 is 0 Å². The van der Waals surface area contributed by atoms with Gasteiger partial charge in [-0.15, -0.1) is 5.10 Å². The molecule has 1 fully saturated rings. The van der Waals surface area contributed by atoms with Crippen molar-refractivity contribution in [3.05, 3.63) is 58.9 Å². The third kappa shape index (κ3) is 5.15. The van der Waals surface area contributed by atoms with Gasteiger partial charge in [-0.25, -0.2) is 4.39 Å². The molecule has 8 nitrogen and oxygen atoms in total. The number of phenols is 1. The van der Waals surface area contributed by atoms with Crippen LogP contribution in [0.15, 0.2) is 47.6 Å². The fourth-order valence-corrected chi connectivity index (χ4v) is 4.32. The Balaban J connectivity index is 1.29. The van der Waals surface area contributed by atoms with Crippen LogP contribution in [0.25, 0.3) is 5.69 Å². The second kappa shape index (κ2) is 9.63. The standard InChI is InChI=1S/C20H20ClFN6O2S/c21-17-2-1-3-18(22)16(17)12-26-8-10-27(11-9-26)19(30)13-31-20-23-24-25-28(20)14-4-6-15(29)7-5-14/h1-7,29H,8-13H2. The largest absolute Gasteiger partial charge is 0.508 e. The van der Waals surface area contributed by atoms with Crippen molar-refractivity contribution in [2.75, 3.05) is 31.9 Å². The van der Waals surface area contributed by atoms with Crippen LogP contribution >= 0.6 is 23.4 Å². The minimum Gasteiger partial charge on any atom is -0.508 e. The third-order valence-electron chi connectivity index (χ3n) is 5.03. The van der Waals surface area contributed by atoms with Gasteiger partial charge in [-0.3, -0.25) is 9.69 Å². The molecule has 1 aliphatic heterocycles. The van der Waals surface area contributed by atoms with Gasteiger partial charge in [0.25, 0.3) is 0 Å². The molecule has 0 bridgehead atoms. The van der Waals surface area contributed by atoms with Crippen molar-refractivity contribution in [3.63, 3.8) is 0 Å². The molecule has 0 saturated carbocycles. The number of benzene rings is 2. The van der Waals surface area contributed by atoms with Crippen LogP contribution in [-0.4, -0.2) is 73.0 Å². The molecular formula is C20H20ClFN6O2S. The van der Waals surface area contributed by atoms with Gasteiger partial charge in [-0.2, -0.15) is 4.68 Å². The number of phenolic OH excluding ortho intramolecular Hbond substituents is 1. The zero-order chi connectivity index (χ0) is 21.8. The van der Waals surface area contributed by atoms with E-state index in [9.17, 15) is 14.3 Å². The quantitative estimate of drug-likeness (QED) is 0.563. The Hall–Kier alpha value is -2.69. The Morgan fingerprint density at radius 3 is 2.58 bits per heavy atom. The summed E-state index contributed by atoms with van der Waals surface area (Å²) in [7, 11) is 0. The summed E-state index contributed by atoms with van der Waals surface area (Å²) in [6, 6.07) is 11.2. The number of carbonyl (C=O) groups is 1. The Labute approximate surface area is 187 Å². The summed E-state index contributed by atoms with van der Waals surface area (Å²) < 4.78 is 15.5. The first-order chi connectivity index (χ1) is 15.0. The Kier molecular flexibility index (Phi) is 6.69. The minimum atomic E-state index is -0.311. The lowest BCUT2D eigenvalue weighted by Gasteiger charge is -2.34. The fourth-order valence-electron chi connectivity index (χ4n) is 3.30. The van der Waals surface area contributed by atoms with Crippen molar-refractivity contribution in [2.45, 2.75) is 11.7 Å². The molecule has 2 heterocycles. The molecule has 4 rings (SSSR count). The first-order valence-corrected chi connectivity index (χ1v) is 11.0. The van der Waals surface area contributed by atoms with E-state index in [0.29, 0.717) is 54.2 Å². The van der Waals surface area contributed by atoms with Crippen LogP contribution in [-0.2, 0) is 11.3 Å². The number of piperazine rings is 1. The summed E-state index contributed by atoms with van der Waals surface area (Å²) in [4.78, 5) is 16.5. The van der Waals surface area contributed by atoms with Crippen molar-refractivity contribution in [2.24, 2.45) is 0 Å². The van der Waals surface area contributed by atoms with E-state index in [1.165, 1.54) is 22.5 Å². The molecule has 1 aromatic heterocycles. The maximum atomic E-state index is 14.0. The Morgan fingerprint density at radius 1 is 1.13 bits per heavy atom. The highest BCUT2D eigenvalue weighted by atomic mass is 35.5. The third-order valence-corrected chi connectivity index (χ3v) is 6.29. The molecule has 1 amide bonds. The summed E-state index contributed by atoms with van der Waals surface area (Å²) in [6.07, 6.45) is 0. The highest BCUT2D eigenvalue weighted by molar-refractivity contribution is 7.99. The SMILES string of the molecule is O=C(CSc1nnnn1-c1ccc(O)cc1)N1CCN(Cc2c(F)cccc2Cl)CC1. The topological polar surface area (TPSA) is 87.4 Å². The molecule has 0 aliphatic carbocycles. The van der Waals surface area contributed by atoms with Crippen LogP contribution in [0, 0.1) is 5.82 Å². The molecule has 31 heavy (non-hydrogen) atoms. The van der Waals surface area contributed by atoms with Crippen molar-refractivity contribution in [1.29, 1.82) is 0 Å². The van der Waals surface area contributed by atoms with Crippen molar-refractivity contribution in [1.82, 2.24) is 30.0 Å². The van der Waals surface area contributed by atoms with Gasteiger partial charge in [0.1, 0.15) is 11.6 Å². The number of hydrogen-bond donors (Lipinski definition) is 1. The number of aromatic nitrogens is 4. The van der Waals surface area contributed by atoms with Crippen molar-refractivity contribution in [3.8, 4) is 11.4 Å². The summed E-state index contributed by atoms with van der Waals surface area (Å²) in [5.74, 6) is 0.0395. The maximum Gasteiger partial charge on any atom is 0.233 e. The van der Waals surface area contributed by atoms with Gasteiger partial charge >= 0.3 is 0 Å². The lowest BCUT2D eigenvalue weighted by atomic mass is 10.2. The normalized spacial score (nSPS) is 14.7. The zero-order valence-corrected chi connectivity index (χ0v) is 18.1. The number of amides is 1. The van der Waals surface area contributed by atoms with E-state index in [2.05, 4.69) is 20.4 Å². The van der Waals surface area contributed by atoms with E-state index in [1.54, 1.807) is 41.3 Å². The van der Waals surface area contributed by atoms with Gasteiger partial charge in [0.05, 0.1) is 11.4 Å². The number of aromatic hydroxyl groups is 1. The molecule has 2 aromatic carbocycles. The van der Waals surface area contributed by atoms with Crippen molar-refractivity contribution >= 4 is 29.3 Å². The van der Waals surface area contributed by atoms with E-state index in [4.69, 9.17) is 11.6 Å². The molecule has 0 radical (unpaired) electrons. The summed E-state index contributed by atoms with van der Waals surface area (Å²) in [5.41, 5.74) is 1.18. The number of halogens is 2. The second-order valence-corrected chi connectivity index (χ2v) is 8.39. The predicted molar refractivity (Wildman–Crippen MR) is 115 cm³/mol. The lowest BCUT2D eigenvalue weighted by molar-refractivity contribution is -0.130. The molecule has 0 atom stereocenters. The molecule has 3 aromatic rings. The molecule has 11 heteroatoms. The number of hydrogen-bond acceptors (Lipinski definition) is 7. The predicted octanol–water partition coefficient (Wildman–Crippen LogP) is 2.60. The monoisotopic (exact) mass is 462 g/mol. The molecule has 1 aliphatic rings. The van der Waals surface area contributed by atoms with Gasteiger partial charge in [-0.05, 0) is 46.8 Å². The van der Waals surface area contributed by atoms with Crippen LogP contribution < -0.4 is 0 Å². The molecule has 0 unspecified atom stereocenters. The lowest BCUT2D eigenvalue weighted by Crippen LogP contribution is -2.48. The second-order valence-electron chi connectivity index (χ2n) is 7.04. The molecule has 1 N–H and O–H groups in total. The highest BCUT2D eigenvalue weighted by Crippen LogP contribution is 2.23. The zero-order valence-electron chi connectivity index (χ0n) is 16.5. The van der Waals surface area contributed by atoms with Gasteiger partial charge in [0.15, 0.2) is 0 Å². The van der Waals surface area contributed by atoms with Gasteiger partial charge in [0, 0.05) is 43.3 Å². The van der Waals surface area contributed by atoms with E-state index in [-0.39, 0.29) is 23.2 Å². The van der Waals surface area contributed by atoms with Crippen molar-refractivity contribution < 1.29 is 14.3 Å². The van der Waals surface area contributed by atoms with Gasteiger partial charge in [-0.1, -0.05) is 29.4 Å². The number of carbonyl (C=O) groups excluding carboxylic acids is 1. The summed E-state index contributed by atoms with van der Waals surface area (Å²) in [5, 5.41) is 22.0. The average Bonchev–Trinajstić information content (AvgIpc) is 3.24. The van der Waals surface area contributed by atoms with Crippen LogP contribution in [0.3, 0.4) is 0 Å². The average molecular weight is 463 g/mol. The minimum absolute atomic E-state index is 0.00571. The van der Waals surface area contributed by atoms with E-state index in [0.717, 1.165) is 0 Å². The molecule has 0 spiro atoms. The number of nitrogens with zero attached hydrogens (tertiary/aromatic N) is 6. The van der Waals surface area contributed by atoms with Crippen LogP contribution in [0.1, 0.15) is 5.56 Å². The first kappa shape index (κ1) is 21.5. The highest BCUT2D eigenvalue weighted by Gasteiger charge is 2.23. The maximum absolute atomic E-state index is 14.0. The van der Waals surface area contributed by atoms with Gasteiger partial charge in [0.2, 0.25) is 11.1 Å². The molecule has 162 valence electrons. The van der Waals surface area contributed by atoms with Crippen LogP contribution in [0.5, 0.6) is 5.75 Å². The first-order valence-electron chi connectivity index (χ1n) is 9.65. The smallest absolute Gasteiger partial charge is 0.233 e. The number of tetrazole rings is 1. The van der Waals surface area contributed by atoms with Gasteiger partial charge < -0.3 is 10.0 Å². The van der Waals surface area contributed by atoms with Crippen LogP contribution in [0.4, 0.5) is 4.39 Å². The number of thioether (sulfide) groups is 1. The van der Waals surface area contributed by atoms with E-state index >= 15 is 0 Å². The molecular weight excluding hydrogens is 443 g/mol. The van der Waals surface area contributed by atoms with Crippen LogP contribution in [0.2, 0.25) is 5.02 Å². The Morgan fingerprint density at radius 2 is 1.87 bits per heavy atom.